The monoisotopic (exact) mass is 454 g/mol. The summed E-state index contributed by atoms with van der Waals surface area (Å²) in [6.45, 7) is 3.32. The van der Waals surface area contributed by atoms with E-state index in [9.17, 15) is 18.0 Å². The maximum absolute atomic E-state index is 12.1. The molecule has 2 N–H and O–H groups in total. The molecule has 0 amide bonds. The Kier molecular flexibility index (Phi) is 7.11. The molecular weight excluding hydrogens is 433 g/mol. The molecule has 1 aliphatic heterocycles. The van der Waals surface area contributed by atoms with Gasteiger partial charge in [-0.05, 0) is 6.07 Å². The third-order valence-corrected chi connectivity index (χ3v) is 4.89. The summed E-state index contributed by atoms with van der Waals surface area (Å²) in [6, 6.07) is 1.79. The Morgan fingerprint density at radius 3 is 2.74 bits per heavy atom. The number of nitrogens with one attached hydrogen (secondary N) is 2. The van der Waals surface area contributed by atoms with Gasteiger partial charge in [0.2, 0.25) is 0 Å². The van der Waals surface area contributed by atoms with Crippen molar-refractivity contribution in [3.8, 4) is 11.3 Å². The summed E-state index contributed by atoms with van der Waals surface area (Å²) < 4.78 is 36.4. The predicted molar refractivity (Wildman–Crippen MR) is 113 cm³/mol. The largest absolute Gasteiger partial charge is 0.401 e. The molecule has 11 heteroatoms. The van der Waals surface area contributed by atoms with Gasteiger partial charge in [-0.3, -0.25) is 9.78 Å². The van der Waals surface area contributed by atoms with Gasteiger partial charge >= 0.3 is 6.18 Å². The molecule has 7 nitrogen and oxygen atoms in total. The first-order chi connectivity index (χ1) is 14.8. The molecule has 0 aliphatic carbocycles. The number of hydrogen-bond acceptors (Lipinski definition) is 6. The summed E-state index contributed by atoms with van der Waals surface area (Å²) in [4.78, 5) is 30.0. The Hall–Kier alpha value is -2.72. The Morgan fingerprint density at radius 2 is 2.03 bits per heavy atom. The lowest BCUT2D eigenvalue weighted by molar-refractivity contribution is -0.129. The summed E-state index contributed by atoms with van der Waals surface area (Å²) >= 11 is 6.04. The molecule has 0 radical (unpaired) electrons. The fourth-order valence-electron chi connectivity index (χ4n) is 3.17. The number of alkyl halides is 3. The van der Waals surface area contributed by atoms with Crippen molar-refractivity contribution in [1.82, 2.24) is 25.3 Å². The van der Waals surface area contributed by atoms with E-state index in [2.05, 4.69) is 25.3 Å². The van der Waals surface area contributed by atoms with E-state index >= 15 is 0 Å². The molecule has 31 heavy (non-hydrogen) atoms. The van der Waals surface area contributed by atoms with Gasteiger partial charge in [0.1, 0.15) is 11.5 Å². The quantitative estimate of drug-likeness (QED) is 0.588. The van der Waals surface area contributed by atoms with Crippen molar-refractivity contribution < 1.29 is 18.0 Å². The zero-order valence-corrected chi connectivity index (χ0v) is 17.8. The number of rotatable bonds is 6. The average molecular weight is 455 g/mol. The Labute approximate surface area is 182 Å². The molecule has 1 aliphatic rings. The Bertz CT molecular complexity index is 1050. The molecule has 0 unspecified atom stereocenters. The van der Waals surface area contributed by atoms with Crippen LogP contribution < -0.4 is 10.2 Å². The number of pyridine rings is 1. The van der Waals surface area contributed by atoms with Crippen LogP contribution >= 0.6 is 11.6 Å². The fourth-order valence-corrected chi connectivity index (χ4v) is 3.33. The van der Waals surface area contributed by atoms with Crippen LogP contribution in [0.25, 0.3) is 22.3 Å². The Balaban J connectivity index is 0.00000132. The minimum atomic E-state index is -4.33. The van der Waals surface area contributed by atoms with Crippen molar-refractivity contribution in [1.29, 1.82) is 0 Å². The van der Waals surface area contributed by atoms with Gasteiger partial charge in [-0.25, -0.2) is 9.97 Å². The molecular formula is C20H22ClF3N6O. The highest BCUT2D eigenvalue weighted by molar-refractivity contribution is 6.31. The van der Waals surface area contributed by atoms with Crippen molar-refractivity contribution in [3.05, 3.63) is 35.9 Å². The van der Waals surface area contributed by atoms with Crippen LogP contribution in [0.5, 0.6) is 0 Å². The highest BCUT2D eigenvalue weighted by atomic mass is 35.5. The number of fused-ring (bicyclic) bond motifs is 1. The second kappa shape index (κ2) is 9.61. The minimum absolute atomic E-state index is 0.244. The van der Waals surface area contributed by atoms with Crippen LogP contribution in [0.15, 0.2) is 30.9 Å². The topological polar surface area (TPSA) is 86.8 Å². The lowest BCUT2D eigenvalue weighted by atomic mass is 9.95. The van der Waals surface area contributed by atoms with E-state index in [-0.39, 0.29) is 18.2 Å². The number of nitrogens with zero attached hydrogens (tertiary/aromatic N) is 4. The molecule has 4 rings (SSSR count). The number of H-pyrrole nitrogens is 1. The number of Topliss-reactive ketones (excluding diaryl/α,β-unsaturated/α-hetero) is 1. The summed E-state index contributed by atoms with van der Waals surface area (Å²) in [5.41, 5.74) is 2.10. The van der Waals surface area contributed by atoms with Crippen LogP contribution in [0, 0.1) is 5.92 Å². The molecule has 0 bridgehead atoms. The van der Waals surface area contributed by atoms with Gasteiger partial charge in [-0.1, -0.05) is 25.4 Å². The SMILES string of the molecule is CC.O=C(CNCC(F)(F)F)C1CN(c2cncc(-c3c[nH]c4ncc(Cl)cc34)n2)C1. The predicted octanol–water partition coefficient (Wildman–Crippen LogP) is 3.86. The van der Waals surface area contributed by atoms with Crippen LogP contribution in [0.3, 0.4) is 0 Å². The third-order valence-electron chi connectivity index (χ3n) is 4.68. The highest BCUT2D eigenvalue weighted by Gasteiger charge is 2.34. The van der Waals surface area contributed by atoms with Crippen molar-refractivity contribution in [2.75, 3.05) is 31.1 Å². The number of carbonyl (C=O) groups is 1. The maximum Gasteiger partial charge on any atom is 0.401 e. The van der Waals surface area contributed by atoms with Gasteiger partial charge < -0.3 is 15.2 Å². The standard InChI is InChI=1S/C18H16ClF3N6O.C2H6/c19-11-1-12-13(3-26-17(12)25-2-11)14-4-23-6-16(27-14)28-7-10(8-28)15(29)5-24-9-18(20,21)22;1-2/h1-4,6,10,24H,5,7-9H2,(H,25,26);1-2H3. The van der Waals surface area contributed by atoms with Crippen molar-refractivity contribution >= 4 is 34.2 Å². The number of anilines is 1. The summed E-state index contributed by atoms with van der Waals surface area (Å²) in [6.07, 6.45) is 2.20. The number of ketones is 1. The molecule has 0 aromatic carbocycles. The summed E-state index contributed by atoms with van der Waals surface area (Å²) in [5.74, 6) is 0.0309. The van der Waals surface area contributed by atoms with E-state index in [1.54, 1.807) is 30.9 Å². The molecule has 166 valence electrons. The van der Waals surface area contributed by atoms with Crippen LogP contribution in [-0.4, -0.2) is 58.1 Å². The van der Waals surface area contributed by atoms with Gasteiger partial charge in [-0.15, -0.1) is 0 Å². The normalized spacial score (nSPS) is 14.2. The molecule has 3 aromatic heterocycles. The molecule has 4 heterocycles. The lowest BCUT2D eigenvalue weighted by Crippen LogP contribution is -2.53. The zero-order chi connectivity index (χ0) is 22.6. The highest BCUT2D eigenvalue weighted by Crippen LogP contribution is 2.30. The first-order valence-electron chi connectivity index (χ1n) is 9.80. The maximum atomic E-state index is 12.1. The average Bonchev–Trinajstić information content (AvgIpc) is 3.11. The Morgan fingerprint density at radius 1 is 1.29 bits per heavy atom. The van der Waals surface area contributed by atoms with Gasteiger partial charge in [0.25, 0.3) is 0 Å². The zero-order valence-electron chi connectivity index (χ0n) is 17.0. The smallest absolute Gasteiger partial charge is 0.354 e. The van der Waals surface area contributed by atoms with Gasteiger partial charge in [-0.2, -0.15) is 13.2 Å². The number of halogens is 4. The minimum Gasteiger partial charge on any atom is -0.354 e. The van der Waals surface area contributed by atoms with Crippen LogP contribution in [0.1, 0.15) is 13.8 Å². The number of aromatic nitrogens is 4. The molecule has 0 spiro atoms. The van der Waals surface area contributed by atoms with Gasteiger partial charge in [0.15, 0.2) is 5.78 Å². The van der Waals surface area contributed by atoms with E-state index in [1.165, 1.54) is 0 Å². The third kappa shape index (κ3) is 5.50. The first kappa shape index (κ1) is 23.0. The molecule has 0 atom stereocenters. The van der Waals surface area contributed by atoms with Crippen LogP contribution in [0.2, 0.25) is 5.02 Å². The van der Waals surface area contributed by atoms with Gasteiger partial charge in [0.05, 0.1) is 42.1 Å². The van der Waals surface area contributed by atoms with Crippen molar-refractivity contribution in [2.45, 2.75) is 20.0 Å². The van der Waals surface area contributed by atoms with Gasteiger partial charge in [0, 0.05) is 36.4 Å². The van der Waals surface area contributed by atoms with Crippen molar-refractivity contribution in [3.63, 3.8) is 0 Å². The summed E-state index contributed by atoms with van der Waals surface area (Å²) in [5, 5.41) is 3.46. The lowest BCUT2D eigenvalue weighted by Gasteiger charge is -2.39. The fraction of sp³-hybridized carbons (Fsp3) is 0.400. The number of hydrogen-bond donors (Lipinski definition) is 2. The first-order valence-corrected chi connectivity index (χ1v) is 10.2. The summed E-state index contributed by atoms with van der Waals surface area (Å²) in [7, 11) is 0. The van der Waals surface area contributed by atoms with E-state index in [4.69, 9.17) is 11.6 Å². The van der Waals surface area contributed by atoms with E-state index in [1.807, 2.05) is 18.7 Å². The van der Waals surface area contributed by atoms with Crippen molar-refractivity contribution in [2.24, 2.45) is 5.92 Å². The second-order valence-electron chi connectivity index (χ2n) is 6.80. The van der Waals surface area contributed by atoms with E-state index in [0.29, 0.717) is 35.3 Å². The number of aromatic amines is 1. The second-order valence-corrected chi connectivity index (χ2v) is 7.24. The molecule has 0 saturated carbocycles. The van der Waals surface area contributed by atoms with E-state index < -0.39 is 12.7 Å². The molecule has 3 aromatic rings. The number of carbonyl (C=O) groups excluding carboxylic acids is 1. The molecule has 1 saturated heterocycles. The van der Waals surface area contributed by atoms with Crippen LogP contribution in [0.4, 0.5) is 19.0 Å². The molecule has 1 fully saturated rings. The van der Waals surface area contributed by atoms with Crippen LogP contribution in [-0.2, 0) is 4.79 Å². The van der Waals surface area contributed by atoms with E-state index in [0.717, 1.165) is 10.9 Å².